The summed E-state index contributed by atoms with van der Waals surface area (Å²) in [5.41, 5.74) is 0.915. The van der Waals surface area contributed by atoms with E-state index in [4.69, 9.17) is 9.47 Å². The van der Waals surface area contributed by atoms with Gasteiger partial charge in [-0.1, -0.05) is 0 Å². The molecule has 13 heteroatoms. The standard InChI is InChI=1S/C25H26F2N8O3/c1-25(26,27)19-11-21(33-35(19)15-6-8-37-13-15)31-24-32-22-18(34(24)2)9-17(12-29-22)38-16-5-7-28-20(10-16)30-23(36)14-3-4-14/h5,7,9-12,14-15H,3-4,6,8,13H2,1-2H3,(H,28,30,36)(H,29,31,32,33)/t15-/m0/s1. The van der Waals surface area contributed by atoms with E-state index in [2.05, 4.69) is 30.7 Å². The summed E-state index contributed by atoms with van der Waals surface area (Å²) in [5, 5.41) is 10.2. The average molecular weight is 525 g/mol. The van der Waals surface area contributed by atoms with Crippen LogP contribution in [0.1, 0.15) is 37.9 Å². The van der Waals surface area contributed by atoms with Gasteiger partial charge in [-0.05, 0) is 25.3 Å². The van der Waals surface area contributed by atoms with E-state index in [9.17, 15) is 13.6 Å². The highest BCUT2D eigenvalue weighted by molar-refractivity contribution is 5.93. The third-order valence-corrected chi connectivity index (χ3v) is 6.56. The van der Waals surface area contributed by atoms with Crippen molar-refractivity contribution in [3.63, 3.8) is 0 Å². The van der Waals surface area contributed by atoms with E-state index < -0.39 is 5.92 Å². The van der Waals surface area contributed by atoms with Gasteiger partial charge in [0.05, 0.1) is 24.4 Å². The lowest BCUT2D eigenvalue weighted by molar-refractivity contribution is -0.117. The molecule has 5 heterocycles. The van der Waals surface area contributed by atoms with E-state index in [1.54, 1.807) is 36.0 Å². The monoisotopic (exact) mass is 524 g/mol. The number of hydrogen-bond donors (Lipinski definition) is 2. The van der Waals surface area contributed by atoms with E-state index in [-0.39, 0.29) is 29.4 Å². The molecular weight excluding hydrogens is 498 g/mol. The Labute approximate surface area is 216 Å². The van der Waals surface area contributed by atoms with Crippen molar-refractivity contribution in [2.75, 3.05) is 23.8 Å². The molecule has 0 spiro atoms. The first-order chi connectivity index (χ1) is 18.2. The summed E-state index contributed by atoms with van der Waals surface area (Å²) in [4.78, 5) is 25.1. The first kappa shape index (κ1) is 24.2. The van der Waals surface area contributed by atoms with Gasteiger partial charge in [0.15, 0.2) is 11.5 Å². The third kappa shape index (κ3) is 4.88. The molecule has 2 aliphatic rings. The molecular formula is C25H26F2N8O3. The van der Waals surface area contributed by atoms with Crippen LogP contribution >= 0.6 is 0 Å². The minimum absolute atomic E-state index is 0.0381. The van der Waals surface area contributed by atoms with Crippen molar-refractivity contribution in [1.82, 2.24) is 29.3 Å². The van der Waals surface area contributed by atoms with Crippen LogP contribution in [0.25, 0.3) is 11.2 Å². The Hall–Kier alpha value is -4.13. The van der Waals surface area contributed by atoms with Crippen LogP contribution in [0.2, 0.25) is 0 Å². The lowest BCUT2D eigenvalue weighted by Crippen LogP contribution is -2.20. The molecule has 4 aromatic heterocycles. The normalized spacial score (nSPS) is 17.6. The molecule has 0 aromatic carbocycles. The van der Waals surface area contributed by atoms with Crippen LogP contribution < -0.4 is 15.4 Å². The van der Waals surface area contributed by atoms with Crippen LogP contribution in [0.3, 0.4) is 0 Å². The zero-order valence-corrected chi connectivity index (χ0v) is 20.8. The van der Waals surface area contributed by atoms with Crippen molar-refractivity contribution in [2.24, 2.45) is 13.0 Å². The Kier molecular flexibility index (Phi) is 5.94. The summed E-state index contributed by atoms with van der Waals surface area (Å²) in [6, 6.07) is 6.18. The van der Waals surface area contributed by atoms with Gasteiger partial charge in [-0.15, -0.1) is 0 Å². The Bertz CT molecular complexity index is 1500. The number of aryl methyl sites for hydroxylation is 1. The highest BCUT2D eigenvalue weighted by Gasteiger charge is 2.34. The maximum absolute atomic E-state index is 14.3. The molecule has 198 valence electrons. The number of amides is 1. The minimum Gasteiger partial charge on any atom is -0.455 e. The smallest absolute Gasteiger partial charge is 0.286 e. The molecule has 2 fully saturated rings. The first-order valence-electron chi connectivity index (χ1n) is 12.3. The third-order valence-electron chi connectivity index (χ3n) is 6.56. The van der Waals surface area contributed by atoms with Gasteiger partial charge in [-0.3, -0.25) is 9.48 Å². The van der Waals surface area contributed by atoms with Crippen LogP contribution in [-0.4, -0.2) is 48.4 Å². The van der Waals surface area contributed by atoms with Gasteiger partial charge in [-0.25, -0.2) is 9.97 Å². The fourth-order valence-electron chi connectivity index (χ4n) is 4.36. The van der Waals surface area contributed by atoms with Crippen molar-refractivity contribution < 1.29 is 23.0 Å². The van der Waals surface area contributed by atoms with Gasteiger partial charge in [0.1, 0.15) is 23.0 Å². The maximum atomic E-state index is 14.3. The number of pyridine rings is 2. The Morgan fingerprint density at radius 2 is 2.00 bits per heavy atom. The predicted octanol–water partition coefficient (Wildman–Crippen LogP) is 4.52. The summed E-state index contributed by atoms with van der Waals surface area (Å²) in [5.74, 6) is -1.04. The van der Waals surface area contributed by atoms with Crippen LogP contribution in [0.15, 0.2) is 36.7 Å². The van der Waals surface area contributed by atoms with E-state index in [0.29, 0.717) is 54.1 Å². The van der Waals surface area contributed by atoms with Crippen LogP contribution in [-0.2, 0) is 22.5 Å². The molecule has 0 unspecified atom stereocenters. The van der Waals surface area contributed by atoms with Gasteiger partial charge >= 0.3 is 0 Å². The van der Waals surface area contributed by atoms with Gasteiger partial charge in [0.2, 0.25) is 11.9 Å². The number of aromatic nitrogens is 6. The van der Waals surface area contributed by atoms with Gasteiger partial charge in [0, 0.05) is 50.9 Å². The van der Waals surface area contributed by atoms with E-state index in [1.165, 1.54) is 16.9 Å². The quantitative estimate of drug-likeness (QED) is 0.345. The van der Waals surface area contributed by atoms with Crippen molar-refractivity contribution >= 4 is 34.7 Å². The molecule has 6 rings (SSSR count). The van der Waals surface area contributed by atoms with Gasteiger partial charge in [0.25, 0.3) is 5.92 Å². The van der Waals surface area contributed by atoms with Crippen molar-refractivity contribution in [1.29, 1.82) is 0 Å². The van der Waals surface area contributed by atoms with Gasteiger partial charge in [-0.2, -0.15) is 18.9 Å². The summed E-state index contributed by atoms with van der Waals surface area (Å²) in [7, 11) is 1.78. The number of nitrogens with zero attached hydrogens (tertiary/aromatic N) is 6. The summed E-state index contributed by atoms with van der Waals surface area (Å²) < 4.78 is 43.0. The van der Waals surface area contributed by atoms with E-state index in [1.807, 2.05) is 0 Å². The minimum atomic E-state index is -3.07. The topological polar surface area (TPSA) is 121 Å². The van der Waals surface area contributed by atoms with Crippen LogP contribution in [0.4, 0.5) is 26.4 Å². The maximum Gasteiger partial charge on any atom is 0.286 e. The number of nitrogens with one attached hydrogen (secondary N) is 2. The lowest BCUT2D eigenvalue weighted by Gasteiger charge is -2.16. The first-order valence-corrected chi connectivity index (χ1v) is 12.3. The number of carbonyl (C=O) groups is 1. The molecule has 1 saturated carbocycles. The fraction of sp³-hybridized carbons (Fsp3) is 0.400. The second-order valence-electron chi connectivity index (χ2n) is 9.64. The van der Waals surface area contributed by atoms with Crippen molar-refractivity contribution in [3.8, 4) is 11.5 Å². The molecule has 11 nitrogen and oxygen atoms in total. The Morgan fingerprint density at radius 3 is 2.74 bits per heavy atom. The highest BCUT2D eigenvalue weighted by Crippen LogP contribution is 2.34. The van der Waals surface area contributed by atoms with E-state index in [0.717, 1.165) is 19.8 Å². The molecule has 1 saturated heterocycles. The zero-order chi connectivity index (χ0) is 26.4. The van der Waals surface area contributed by atoms with Gasteiger partial charge < -0.3 is 24.7 Å². The molecule has 0 bridgehead atoms. The van der Waals surface area contributed by atoms with Crippen LogP contribution in [0, 0.1) is 5.92 Å². The zero-order valence-electron chi connectivity index (χ0n) is 20.8. The number of fused-ring (bicyclic) bond motifs is 1. The number of halogens is 2. The van der Waals surface area contributed by atoms with E-state index >= 15 is 0 Å². The molecule has 1 atom stereocenters. The summed E-state index contributed by atoms with van der Waals surface area (Å²) in [6.07, 6.45) is 5.51. The highest BCUT2D eigenvalue weighted by atomic mass is 19.3. The van der Waals surface area contributed by atoms with Crippen molar-refractivity contribution in [3.05, 3.63) is 42.4 Å². The number of alkyl halides is 2. The molecule has 4 aromatic rings. The number of ether oxygens (including phenoxy) is 2. The molecule has 0 radical (unpaired) electrons. The molecule has 1 aliphatic heterocycles. The van der Waals surface area contributed by atoms with Crippen molar-refractivity contribution in [2.45, 2.75) is 38.2 Å². The molecule has 2 N–H and O–H groups in total. The lowest BCUT2D eigenvalue weighted by atomic mass is 10.2. The number of anilines is 3. The largest absolute Gasteiger partial charge is 0.455 e. The second-order valence-corrected chi connectivity index (χ2v) is 9.64. The number of rotatable bonds is 8. The van der Waals surface area contributed by atoms with Crippen LogP contribution in [0.5, 0.6) is 11.5 Å². The number of carbonyl (C=O) groups excluding carboxylic acids is 1. The second kappa shape index (κ2) is 9.31. The predicted molar refractivity (Wildman–Crippen MR) is 134 cm³/mol. The molecule has 38 heavy (non-hydrogen) atoms. The molecule has 1 aliphatic carbocycles. The molecule has 1 amide bonds. The summed E-state index contributed by atoms with van der Waals surface area (Å²) in [6.45, 7) is 1.71. The Balaban J connectivity index is 1.22. The number of hydrogen-bond acceptors (Lipinski definition) is 8. The Morgan fingerprint density at radius 1 is 1.16 bits per heavy atom. The SMILES string of the molecule is Cn1c(Nc2cc(C(C)(F)F)n([C@H]3CCOC3)n2)nc2ncc(Oc3ccnc(NC(=O)C4CC4)c3)cc21. The average Bonchev–Trinajstić information content (AvgIpc) is 3.27. The fourth-order valence-corrected chi connectivity index (χ4v) is 4.36. The number of imidazole rings is 1. The summed E-state index contributed by atoms with van der Waals surface area (Å²) >= 11 is 0.